The van der Waals surface area contributed by atoms with Gasteiger partial charge in [0.05, 0.1) is 6.61 Å². The van der Waals surface area contributed by atoms with Crippen LogP contribution in [-0.2, 0) is 24.1 Å². The van der Waals surface area contributed by atoms with Crippen LogP contribution in [-0.4, -0.2) is 43.4 Å². The molecule has 0 aromatic rings. The standard InChI is InChI=1S/C7H12O7S/c1-5(2)7(9)13-4-6(3-8)14-15(10,11)12/h6,8H,1,3-4H2,2H3,(H,10,11,12). The van der Waals surface area contributed by atoms with Crippen LogP contribution in [0.15, 0.2) is 12.2 Å². The summed E-state index contributed by atoms with van der Waals surface area (Å²) in [6.07, 6.45) is -1.33. The first-order chi connectivity index (χ1) is 6.76. The molecule has 0 heterocycles. The second-order valence-corrected chi connectivity index (χ2v) is 3.76. The van der Waals surface area contributed by atoms with Crippen molar-refractivity contribution < 1.29 is 31.8 Å². The van der Waals surface area contributed by atoms with Gasteiger partial charge in [-0.2, -0.15) is 8.42 Å². The molecule has 7 nitrogen and oxygen atoms in total. The van der Waals surface area contributed by atoms with E-state index < -0.39 is 35.7 Å². The molecule has 0 saturated carbocycles. The minimum Gasteiger partial charge on any atom is -0.459 e. The van der Waals surface area contributed by atoms with Crippen LogP contribution in [0.3, 0.4) is 0 Å². The van der Waals surface area contributed by atoms with E-state index in [-0.39, 0.29) is 5.57 Å². The quantitative estimate of drug-likeness (QED) is 0.358. The number of carbonyl (C=O) groups excluding carboxylic acids is 1. The van der Waals surface area contributed by atoms with Crippen LogP contribution >= 0.6 is 0 Å². The zero-order chi connectivity index (χ0) is 12.1. The molecule has 0 aromatic carbocycles. The molecule has 0 radical (unpaired) electrons. The molecule has 0 aliphatic heterocycles. The Bertz CT molecular complexity index is 331. The molecular weight excluding hydrogens is 228 g/mol. The number of ether oxygens (including phenoxy) is 1. The SMILES string of the molecule is C=C(C)C(=O)OCC(CO)OS(=O)(=O)O. The normalized spacial score (nSPS) is 13.3. The van der Waals surface area contributed by atoms with Gasteiger partial charge in [0.1, 0.15) is 12.7 Å². The van der Waals surface area contributed by atoms with Gasteiger partial charge in [0, 0.05) is 5.57 Å². The fraction of sp³-hybridized carbons (Fsp3) is 0.571. The number of aliphatic hydroxyl groups excluding tert-OH is 1. The van der Waals surface area contributed by atoms with Crippen molar-refractivity contribution >= 4 is 16.4 Å². The summed E-state index contributed by atoms with van der Waals surface area (Å²) in [5, 5.41) is 8.63. The van der Waals surface area contributed by atoms with E-state index in [4.69, 9.17) is 9.66 Å². The van der Waals surface area contributed by atoms with Gasteiger partial charge in [0.15, 0.2) is 0 Å². The Morgan fingerprint density at radius 1 is 1.53 bits per heavy atom. The molecule has 1 atom stereocenters. The zero-order valence-corrected chi connectivity index (χ0v) is 8.86. The van der Waals surface area contributed by atoms with Crippen molar-refractivity contribution in [2.45, 2.75) is 13.0 Å². The second kappa shape index (κ2) is 5.81. The maximum absolute atomic E-state index is 10.9. The summed E-state index contributed by atoms with van der Waals surface area (Å²) in [7, 11) is -4.68. The van der Waals surface area contributed by atoms with Gasteiger partial charge < -0.3 is 9.84 Å². The highest BCUT2D eigenvalue weighted by molar-refractivity contribution is 7.80. The zero-order valence-electron chi connectivity index (χ0n) is 8.04. The van der Waals surface area contributed by atoms with Crippen molar-refractivity contribution in [3.63, 3.8) is 0 Å². The Labute approximate surface area is 87.3 Å². The lowest BCUT2D eigenvalue weighted by molar-refractivity contribution is -0.142. The molecule has 8 heteroatoms. The lowest BCUT2D eigenvalue weighted by Gasteiger charge is -2.12. The van der Waals surface area contributed by atoms with Crippen LogP contribution < -0.4 is 0 Å². The van der Waals surface area contributed by atoms with Crippen molar-refractivity contribution in [1.29, 1.82) is 0 Å². The highest BCUT2D eigenvalue weighted by Gasteiger charge is 2.18. The lowest BCUT2D eigenvalue weighted by atomic mass is 10.3. The third kappa shape index (κ3) is 7.03. The Kier molecular flexibility index (Phi) is 5.44. The number of carbonyl (C=O) groups is 1. The van der Waals surface area contributed by atoms with E-state index in [2.05, 4.69) is 15.5 Å². The molecule has 88 valence electrons. The molecule has 0 saturated heterocycles. The van der Waals surface area contributed by atoms with Crippen molar-refractivity contribution in [2.24, 2.45) is 0 Å². The molecule has 0 fully saturated rings. The number of rotatable bonds is 6. The first-order valence-corrected chi connectivity index (χ1v) is 5.22. The van der Waals surface area contributed by atoms with E-state index in [0.29, 0.717) is 0 Å². The summed E-state index contributed by atoms with van der Waals surface area (Å²) < 4.78 is 37.3. The van der Waals surface area contributed by atoms with Crippen LogP contribution in [0, 0.1) is 0 Å². The molecule has 0 aromatic heterocycles. The highest BCUT2D eigenvalue weighted by Crippen LogP contribution is 2.00. The highest BCUT2D eigenvalue weighted by atomic mass is 32.3. The van der Waals surface area contributed by atoms with Crippen LogP contribution in [0.25, 0.3) is 0 Å². The van der Waals surface area contributed by atoms with Gasteiger partial charge in [-0.15, -0.1) is 0 Å². The smallest absolute Gasteiger partial charge is 0.397 e. The molecule has 0 rings (SSSR count). The first-order valence-electron chi connectivity index (χ1n) is 3.85. The maximum Gasteiger partial charge on any atom is 0.397 e. The van der Waals surface area contributed by atoms with Gasteiger partial charge in [-0.1, -0.05) is 6.58 Å². The average Bonchev–Trinajstić information content (AvgIpc) is 2.09. The van der Waals surface area contributed by atoms with E-state index in [1.807, 2.05) is 0 Å². The summed E-state index contributed by atoms with van der Waals surface area (Å²) in [5.41, 5.74) is 0.124. The van der Waals surface area contributed by atoms with Gasteiger partial charge in [-0.05, 0) is 6.92 Å². The fourth-order valence-electron chi connectivity index (χ4n) is 0.575. The molecule has 0 amide bonds. The summed E-state index contributed by atoms with van der Waals surface area (Å²) in [4.78, 5) is 10.9. The average molecular weight is 240 g/mol. The molecule has 15 heavy (non-hydrogen) atoms. The topological polar surface area (TPSA) is 110 Å². The molecular formula is C7H12O7S. The van der Waals surface area contributed by atoms with E-state index >= 15 is 0 Å². The third-order valence-corrected chi connectivity index (χ3v) is 1.73. The van der Waals surface area contributed by atoms with Gasteiger partial charge in [-0.3, -0.25) is 4.55 Å². The minimum absolute atomic E-state index is 0.124. The Morgan fingerprint density at radius 2 is 2.07 bits per heavy atom. The molecule has 2 N–H and O–H groups in total. The number of hydrogen-bond acceptors (Lipinski definition) is 6. The minimum atomic E-state index is -4.68. The van der Waals surface area contributed by atoms with Crippen molar-refractivity contribution in [2.75, 3.05) is 13.2 Å². The van der Waals surface area contributed by atoms with E-state index in [0.717, 1.165) is 0 Å². The predicted octanol–water partition coefficient (Wildman–Crippen LogP) is -0.714. The summed E-state index contributed by atoms with van der Waals surface area (Å²) in [6, 6.07) is 0. The summed E-state index contributed by atoms with van der Waals surface area (Å²) >= 11 is 0. The maximum atomic E-state index is 10.9. The molecule has 0 aliphatic rings. The van der Waals surface area contributed by atoms with Gasteiger partial charge >= 0.3 is 16.4 Å². The van der Waals surface area contributed by atoms with E-state index in [1.54, 1.807) is 0 Å². The first kappa shape index (κ1) is 14.0. The number of hydrogen-bond donors (Lipinski definition) is 2. The summed E-state index contributed by atoms with van der Waals surface area (Å²) in [6.45, 7) is 3.47. The molecule has 0 spiro atoms. The van der Waals surface area contributed by atoms with Crippen molar-refractivity contribution in [3.05, 3.63) is 12.2 Å². The largest absolute Gasteiger partial charge is 0.459 e. The van der Waals surface area contributed by atoms with Crippen LogP contribution in [0.1, 0.15) is 6.92 Å². The molecule has 0 aliphatic carbocycles. The monoisotopic (exact) mass is 240 g/mol. The van der Waals surface area contributed by atoms with Crippen LogP contribution in [0.2, 0.25) is 0 Å². The fourth-order valence-corrected chi connectivity index (χ4v) is 1.04. The Balaban J connectivity index is 4.13. The van der Waals surface area contributed by atoms with Gasteiger partial charge in [-0.25, -0.2) is 8.98 Å². The third-order valence-electron chi connectivity index (χ3n) is 1.21. The van der Waals surface area contributed by atoms with Gasteiger partial charge in [0.2, 0.25) is 0 Å². The predicted molar refractivity (Wildman–Crippen MR) is 49.3 cm³/mol. The van der Waals surface area contributed by atoms with Crippen molar-refractivity contribution in [1.82, 2.24) is 0 Å². The van der Waals surface area contributed by atoms with Gasteiger partial charge in [0.25, 0.3) is 0 Å². The van der Waals surface area contributed by atoms with E-state index in [9.17, 15) is 13.2 Å². The Hall–Kier alpha value is -0.960. The Morgan fingerprint density at radius 3 is 2.40 bits per heavy atom. The number of aliphatic hydroxyl groups is 1. The van der Waals surface area contributed by atoms with E-state index in [1.165, 1.54) is 6.92 Å². The van der Waals surface area contributed by atoms with Crippen LogP contribution in [0.4, 0.5) is 0 Å². The number of esters is 1. The molecule has 0 bridgehead atoms. The van der Waals surface area contributed by atoms with Crippen LogP contribution in [0.5, 0.6) is 0 Å². The molecule has 1 unspecified atom stereocenters. The lowest BCUT2D eigenvalue weighted by Crippen LogP contribution is -2.28. The second-order valence-electron chi connectivity index (χ2n) is 2.71. The summed E-state index contributed by atoms with van der Waals surface area (Å²) in [5.74, 6) is -0.743. The van der Waals surface area contributed by atoms with Crippen molar-refractivity contribution in [3.8, 4) is 0 Å².